The molecule has 1 aliphatic carbocycles. The van der Waals surface area contributed by atoms with Gasteiger partial charge in [0, 0.05) is 45.3 Å². The van der Waals surface area contributed by atoms with Crippen LogP contribution in [-0.2, 0) is 4.79 Å². The Morgan fingerprint density at radius 2 is 1.76 bits per heavy atom. The highest BCUT2D eigenvalue weighted by Crippen LogP contribution is 2.28. The predicted molar refractivity (Wildman–Crippen MR) is 114 cm³/mol. The molecular weight excluding hydrogens is 390 g/mol. The fraction of sp³-hybridized carbons (Fsp3) is 0.762. The van der Waals surface area contributed by atoms with Gasteiger partial charge in [0.05, 0.1) is 6.04 Å². The Hall–Kier alpha value is -1.60. The van der Waals surface area contributed by atoms with Crippen LogP contribution in [0.15, 0.2) is 12.3 Å². The summed E-state index contributed by atoms with van der Waals surface area (Å²) in [4.78, 5) is 29.1. The van der Waals surface area contributed by atoms with Crippen LogP contribution < -0.4 is 5.32 Å². The van der Waals surface area contributed by atoms with Crippen LogP contribution in [0.2, 0.25) is 0 Å². The van der Waals surface area contributed by atoms with Crippen LogP contribution in [0.5, 0.6) is 0 Å². The molecule has 2 aliphatic heterocycles. The molecule has 2 amide bonds. The molecule has 0 spiro atoms. The first kappa shape index (κ1) is 22.1. The van der Waals surface area contributed by atoms with Crippen molar-refractivity contribution in [3.63, 3.8) is 0 Å². The fourth-order valence-electron chi connectivity index (χ4n) is 4.82. The average molecular weight is 424 g/mol. The second-order valence-electron chi connectivity index (χ2n) is 8.54. The molecule has 0 aromatic carbocycles. The first-order valence-electron chi connectivity index (χ1n) is 11.0. The number of carbonyl (C=O) groups is 2. The molecule has 1 aromatic heterocycles. The van der Waals surface area contributed by atoms with Crippen LogP contribution in [-0.4, -0.2) is 70.7 Å². The molecule has 3 aliphatic rings. The van der Waals surface area contributed by atoms with Crippen molar-refractivity contribution in [3.8, 4) is 0 Å². The number of rotatable bonds is 5. The lowest BCUT2D eigenvalue weighted by Crippen LogP contribution is -2.50. The van der Waals surface area contributed by atoms with Crippen LogP contribution in [0.25, 0.3) is 0 Å². The Morgan fingerprint density at radius 3 is 2.45 bits per heavy atom. The molecule has 162 valence electrons. The third-order valence-electron chi connectivity index (χ3n) is 6.63. The molecule has 1 N–H and O–H groups in total. The molecule has 1 atom stereocenters. The van der Waals surface area contributed by atoms with E-state index in [0.717, 1.165) is 38.3 Å². The topological polar surface area (TPSA) is 70.5 Å². The predicted octanol–water partition coefficient (Wildman–Crippen LogP) is 2.48. The molecule has 1 saturated carbocycles. The number of aromatic nitrogens is 2. The number of amides is 2. The number of halogens is 1. The van der Waals surface area contributed by atoms with Gasteiger partial charge in [-0.15, -0.1) is 12.4 Å². The molecule has 1 unspecified atom stereocenters. The van der Waals surface area contributed by atoms with E-state index in [-0.39, 0.29) is 24.2 Å². The summed E-state index contributed by atoms with van der Waals surface area (Å²) >= 11 is 0. The van der Waals surface area contributed by atoms with Gasteiger partial charge in [-0.3, -0.25) is 14.3 Å². The molecular formula is C21H34ClN5O2. The first-order chi connectivity index (χ1) is 13.7. The number of piperidine rings is 1. The summed E-state index contributed by atoms with van der Waals surface area (Å²) in [5, 5.41) is 7.93. The Balaban J connectivity index is 0.00000240. The number of carbonyl (C=O) groups excluding carboxylic acids is 2. The van der Waals surface area contributed by atoms with Crippen molar-refractivity contribution < 1.29 is 9.59 Å². The molecule has 8 heteroatoms. The first-order valence-corrected chi connectivity index (χ1v) is 11.0. The summed E-state index contributed by atoms with van der Waals surface area (Å²) < 4.78 is 1.93. The molecule has 29 heavy (non-hydrogen) atoms. The van der Waals surface area contributed by atoms with Crippen molar-refractivity contribution in [2.75, 3.05) is 39.3 Å². The lowest BCUT2D eigenvalue weighted by atomic mass is 10.0. The zero-order chi connectivity index (χ0) is 19.3. The van der Waals surface area contributed by atoms with Crippen molar-refractivity contribution in [1.82, 2.24) is 24.9 Å². The summed E-state index contributed by atoms with van der Waals surface area (Å²) in [6.45, 7) is 4.47. The normalized spacial score (nSPS) is 23.1. The van der Waals surface area contributed by atoms with Gasteiger partial charge in [0.25, 0.3) is 5.91 Å². The average Bonchev–Trinajstić information content (AvgIpc) is 3.44. The molecule has 1 aromatic rings. The zero-order valence-corrected chi connectivity index (χ0v) is 18.0. The summed E-state index contributed by atoms with van der Waals surface area (Å²) in [7, 11) is 0. The van der Waals surface area contributed by atoms with E-state index in [2.05, 4.69) is 10.4 Å². The highest BCUT2D eigenvalue weighted by Gasteiger charge is 2.27. The molecule has 3 fully saturated rings. The van der Waals surface area contributed by atoms with E-state index in [1.54, 1.807) is 0 Å². The van der Waals surface area contributed by atoms with E-state index in [9.17, 15) is 9.59 Å². The molecule has 4 rings (SSSR count). The van der Waals surface area contributed by atoms with Crippen LogP contribution in [0.1, 0.15) is 67.9 Å². The zero-order valence-electron chi connectivity index (χ0n) is 17.2. The summed E-state index contributed by atoms with van der Waals surface area (Å²) in [5.74, 6) is 0.995. The van der Waals surface area contributed by atoms with Crippen LogP contribution in [0, 0.1) is 5.92 Å². The quantitative estimate of drug-likeness (QED) is 0.789. The Kier molecular flexibility index (Phi) is 7.95. The van der Waals surface area contributed by atoms with E-state index in [0.29, 0.717) is 44.3 Å². The lowest BCUT2D eigenvalue weighted by Gasteiger charge is -2.34. The second kappa shape index (κ2) is 10.4. The van der Waals surface area contributed by atoms with Gasteiger partial charge in [0.1, 0.15) is 5.69 Å². The van der Waals surface area contributed by atoms with Crippen LogP contribution in [0.4, 0.5) is 0 Å². The van der Waals surface area contributed by atoms with Gasteiger partial charge >= 0.3 is 0 Å². The molecule has 7 nitrogen and oxygen atoms in total. The Bertz CT molecular complexity index is 674. The smallest absolute Gasteiger partial charge is 0.274 e. The Labute approximate surface area is 179 Å². The van der Waals surface area contributed by atoms with Crippen molar-refractivity contribution in [2.24, 2.45) is 5.92 Å². The number of hydrogen-bond acceptors (Lipinski definition) is 4. The lowest BCUT2D eigenvalue weighted by molar-refractivity contribution is -0.133. The monoisotopic (exact) mass is 423 g/mol. The number of hydrogen-bond donors (Lipinski definition) is 1. The maximum absolute atomic E-state index is 12.8. The van der Waals surface area contributed by atoms with Gasteiger partial charge in [-0.25, -0.2) is 0 Å². The largest absolute Gasteiger partial charge is 0.339 e. The summed E-state index contributed by atoms with van der Waals surface area (Å²) in [5.41, 5.74) is 0.520. The highest BCUT2D eigenvalue weighted by atomic mass is 35.5. The van der Waals surface area contributed by atoms with Crippen molar-refractivity contribution in [3.05, 3.63) is 18.0 Å². The number of piperazine rings is 1. The second-order valence-corrected chi connectivity index (χ2v) is 8.54. The molecule has 3 heterocycles. The maximum atomic E-state index is 12.8. The van der Waals surface area contributed by atoms with E-state index < -0.39 is 0 Å². The SMILES string of the molecule is Cl.O=C(CCC1CCCC1)N1CCN(C(=O)c2ccn(C3CCCNC3)n2)CC1. The van der Waals surface area contributed by atoms with Gasteiger partial charge in [-0.1, -0.05) is 25.7 Å². The maximum Gasteiger partial charge on any atom is 0.274 e. The standard InChI is InChI=1S/C21H33N5O2.ClH/c27-20(8-7-17-4-1-2-5-17)24-12-14-25(15-13-24)21(28)19-9-11-26(23-19)18-6-3-10-22-16-18;/h9,11,17-18,22H,1-8,10,12-16H2;1H. The van der Waals surface area contributed by atoms with E-state index in [1.807, 2.05) is 26.7 Å². The van der Waals surface area contributed by atoms with Gasteiger partial charge in [-0.05, 0) is 37.8 Å². The van der Waals surface area contributed by atoms with Crippen molar-refractivity contribution >= 4 is 24.2 Å². The van der Waals surface area contributed by atoms with Gasteiger partial charge in [-0.2, -0.15) is 5.10 Å². The number of nitrogens with zero attached hydrogens (tertiary/aromatic N) is 4. The number of nitrogens with one attached hydrogen (secondary N) is 1. The minimum absolute atomic E-state index is 0. The van der Waals surface area contributed by atoms with E-state index >= 15 is 0 Å². The Morgan fingerprint density at radius 1 is 1.03 bits per heavy atom. The summed E-state index contributed by atoms with van der Waals surface area (Å²) in [6.07, 6.45) is 11.1. The highest BCUT2D eigenvalue weighted by molar-refractivity contribution is 5.92. The van der Waals surface area contributed by atoms with Crippen LogP contribution in [0.3, 0.4) is 0 Å². The van der Waals surface area contributed by atoms with Gasteiger partial charge < -0.3 is 15.1 Å². The minimum atomic E-state index is -0.0134. The third kappa shape index (κ3) is 5.51. The van der Waals surface area contributed by atoms with E-state index in [4.69, 9.17) is 0 Å². The van der Waals surface area contributed by atoms with E-state index in [1.165, 1.54) is 25.7 Å². The van der Waals surface area contributed by atoms with Crippen molar-refractivity contribution in [1.29, 1.82) is 0 Å². The third-order valence-corrected chi connectivity index (χ3v) is 6.63. The summed E-state index contributed by atoms with van der Waals surface area (Å²) in [6, 6.07) is 2.17. The molecule has 2 saturated heterocycles. The van der Waals surface area contributed by atoms with Crippen molar-refractivity contribution in [2.45, 2.75) is 57.4 Å². The molecule has 0 radical (unpaired) electrons. The fourth-order valence-corrected chi connectivity index (χ4v) is 4.82. The molecule has 0 bridgehead atoms. The van der Waals surface area contributed by atoms with Gasteiger partial charge in [0.15, 0.2) is 0 Å². The van der Waals surface area contributed by atoms with Crippen LogP contribution >= 0.6 is 12.4 Å². The van der Waals surface area contributed by atoms with Gasteiger partial charge in [0.2, 0.25) is 5.91 Å². The minimum Gasteiger partial charge on any atom is -0.339 e.